The Bertz CT molecular complexity index is 424. The fourth-order valence-electron chi connectivity index (χ4n) is 1.82. The number of hydrogen-bond donors (Lipinski definition) is 1. The van der Waals surface area contributed by atoms with E-state index >= 15 is 0 Å². The molecule has 1 rings (SSSR count). The van der Waals surface area contributed by atoms with Crippen LogP contribution in [-0.4, -0.2) is 5.91 Å². The smallest absolute Gasteiger partial charge is 0.221 e. The second kappa shape index (κ2) is 5.67. The van der Waals surface area contributed by atoms with Gasteiger partial charge >= 0.3 is 0 Å². The first-order chi connectivity index (χ1) is 7.82. The standard InChI is InChI=1S/C14H20BrNO/c1-8(2)11-7-14(16-10(5)17)12(9(3)4)6-13(11)15/h6-9H,1-5H3,(H,16,17). The maximum absolute atomic E-state index is 11.2. The summed E-state index contributed by atoms with van der Waals surface area (Å²) in [6.45, 7) is 10.1. The lowest BCUT2D eigenvalue weighted by molar-refractivity contribution is -0.114. The van der Waals surface area contributed by atoms with Crippen molar-refractivity contribution in [3.05, 3.63) is 27.7 Å². The van der Waals surface area contributed by atoms with Crippen molar-refractivity contribution < 1.29 is 4.79 Å². The van der Waals surface area contributed by atoms with Crippen LogP contribution in [0.1, 0.15) is 57.6 Å². The Labute approximate surface area is 112 Å². The Morgan fingerprint density at radius 1 is 1.12 bits per heavy atom. The minimum atomic E-state index is -0.0241. The van der Waals surface area contributed by atoms with Gasteiger partial charge in [0, 0.05) is 17.1 Å². The molecule has 3 heteroatoms. The molecular weight excluding hydrogens is 278 g/mol. The molecule has 0 heterocycles. The van der Waals surface area contributed by atoms with Crippen LogP contribution in [0.4, 0.5) is 5.69 Å². The second-order valence-corrected chi connectivity index (χ2v) is 5.81. The van der Waals surface area contributed by atoms with Gasteiger partial charge in [0.1, 0.15) is 0 Å². The predicted molar refractivity (Wildman–Crippen MR) is 76.6 cm³/mol. The van der Waals surface area contributed by atoms with Gasteiger partial charge in [-0.1, -0.05) is 43.6 Å². The molecule has 0 fully saturated rings. The van der Waals surface area contributed by atoms with Crippen LogP contribution in [0.25, 0.3) is 0 Å². The number of hydrogen-bond acceptors (Lipinski definition) is 1. The van der Waals surface area contributed by atoms with Gasteiger partial charge in [-0.2, -0.15) is 0 Å². The fourth-order valence-corrected chi connectivity index (χ4v) is 2.64. The number of anilines is 1. The van der Waals surface area contributed by atoms with Crippen molar-refractivity contribution >= 4 is 27.5 Å². The Balaban J connectivity index is 3.31. The SMILES string of the molecule is CC(=O)Nc1cc(C(C)C)c(Br)cc1C(C)C. The molecule has 0 saturated carbocycles. The molecular formula is C14H20BrNO. The van der Waals surface area contributed by atoms with E-state index in [2.05, 4.69) is 61.1 Å². The number of carbonyl (C=O) groups excluding carboxylic acids is 1. The molecule has 1 aromatic rings. The molecule has 17 heavy (non-hydrogen) atoms. The molecule has 1 N–H and O–H groups in total. The molecule has 94 valence electrons. The van der Waals surface area contributed by atoms with Crippen LogP contribution in [0.15, 0.2) is 16.6 Å². The van der Waals surface area contributed by atoms with E-state index in [0.29, 0.717) is 11.8 Å². The number of nitrogens with one attached hydrogen (secondary N) is 1. The number of rotatable bonds is 3. The summed E-state index contributed by atoms with van der Waals surface area (Å²) in [4.78, 5) is 11.2. The van der Waals surface area contributed by atoms with E-state index in [1.165, 1.54) is 5.56 Å². The highest BCUT2D eigenvalue weighted by atomic mass is 79.9. The van der Waals surface area contributed by atoms with Crippen molar-refractivity contribution in [2.45, 2.75) is 46.5 Å². The highest BCUT2D eigenvalue weighted by Crippen LogP contribution is 2.34. The zero-order chi connectivity index (χ0) is 13.2. The van der Waals surface area contributed by atoms with Gasteiger partial charge in [0.15, 0.2) is 0 Å². The number of carbonyl (C=O) groups is 1. The average molecular weight is 298 g/mol. The van der Waals surface area contributed by atoms with E-state index < -0.39 is 0 Å². The van der Waals surface area contributed by atoms with Crippen molar-refractivity contribution in [1.82, 2.24) is 0 Å². The minimum absolute atomic E-state index is 0.0241. The van der Waals surface area contributed by atoms with Crippen LogP contribution in [0.3, 0.4) is 0 Å². The van der Waals surface area contributed by atoms with Gasteiger partial charge in [-0.15, -0.1) is 0 Å². The first-order valence-electron chi connectivity index (χ1n) is 5.93. The van der Waals surface area contributed by atoms with E-state index in [0.717, 1.165) is 15.7 Å². The summed E-state index contributed by atoms with van der Waals surface area (Å²) >= 11 is 3.60. The average Bonchev–Trinajstić information content (AvgIpc) is 2.18. The molecule has 0 saturated heterocycles. The van der Waals surface area contributed by atoms with Crippen LogP contribution in [0.5, 0.6) is 0 Å². The molecule has 1 amide bonds. The summed E-state index contributed by atoms with van der Waals surface area (Å²) in [5, 5.41) is 2.92. The summed E-state index contributed by atoms with van der Waals surface area (Å²) in [6.07, 6.45) is 0. The molecule has 1 aromatic carbocycles. The van der Waals surface area contributed by atoms with E-state index in [4.69, 9.17) is 0 Å². The van der Waals surface area contributed by atoms with E-state index in [1.54, 1.807) is 6.92 Å². The van der Waals surface area contributed by atoms with Crippen molar-refractivity contribution in [1.29, 1.82) is 0 Å². The maximum Gasteiger partial charge on any atom is 0.221 e. The van der Waals surface area contributed by atoms with E-state index in [-0.39, 0.29) is 5.91 Å². The molecule has 0 aliphatic rings. The van der Waals surface area contributed by atoms with Crippen molar-refractivity contribution in [3.8, 4) is 0 Å². The van der Waals surface area contributed by atoms with Gasteiger partial charge in [-0.25, -0.2) is 0 Å². The molecule has 0 aliphatic carbocycles. The lowest BCUT2D eigenvalue weighted by Crippen LogP contribution is -2.10. The van der Waals surface area contributed by atoms with Crippen molar-refractivity contribution in [3.63, 3.8) is 0 Å². The zero-order valence-corrected chi connectivity index (χ0v) is 12.7. The van der Waals surface area contributed by atoms with Crippen LogP contribution in [0, 0.1) is 0 Å². The van der Waals surface area contributed by atoms with Crippen molar-refractivity contribution in [2.75, 3.05) is 5.32 Å². The maximum atomic E-state index is 11.2. The molecule has 0 aliphatic heterocycles. The third-order valence-electron chi connectivity index (χ3n) is 2.72. The van der Waals surface area contributed by atoms with Crippen LogP contribution < -0.4 is 5.32 Å². The van der Waals surface area contributed by atoms with E-state index in [1.807, 2.05) is 0 Å². The van der Waals surface area contributed by atoms with Gasteiger partial charge in [-0.3, -0.25) is 4.79 Å². The minimum Gasteiger partial charge on any atom is -0.326 e. The van der Waals surface area contributed by atoms with Gasteiger partial charge in [0.2, 0.25) is 5.91 Å². The van der Waals surface area contributed by atoms with Crippen molar-refractivity contribution in [2.24, 2.45) is 0 Å². The Kier molecular flexibility index (Phi) is 4.75. The summed E-state index contributed by atoms with van der Waals surface area (Å²) in [5.74, 6) is 0.788. The molecule has 0 spiro atoms. The third-order valence-corrected chi connectivity index (χ3v) is 3.41. The lowest BCUT2D eigenvalue weighted by Gasteiger charge is -2.18. The Morgan fingerprint density at radius 2 is 1.65 bits per heavy atom. The van der Waals surface area contributed by atoms with Gasteiger partial charge in [0.25, 0.3) is 0 Å². The van der Waals surface area contributed by atoms with Gasteiger partial charge in [0.05, 0.1) is 0 Å². The summed E-state index contributed by atoms with van der Waals surface area (Å²) in [5.41, 5.74) is 3.31. The Hall–Kier alpha value is -0.830. The Morgan fingerprint density at radius 3 is 2.06 bits per heavy atom. The van der Waals surface area contributed by atoms with Gasteiger partial charge in [-0.05, 0) is 35.1 Å². The third kappa shape index (κ3) is 3.56. The first-order valence-corrected chi connectivity index (χ1v) is 6.73. The topological polar surface area (TPSA) is 29.1 Å². The monoisotopic (exact) mass is 297 g/mol. The number of halogens is 1. The molecule has 0 unspecified atom stereocenters. The zero-order valence-electron chi connectivity index (χ0n) is 11.1. The summed E-state index contributed by atoms with van der Waals surface area (Å²) in [6, 6.07) is 4.19. The number of benzene rings is 1. The first kappa shape index (κ1) is 14.2. The van der Waals surface area contributed by atoms with Crippen LogP contribution >= 0.6 is 15.9 Å². The quantitative estimate of drug-likeness (QED) is 0.864. The lowest BCUT2D eigenvalue weighted by atomic mass is 9.95. The molecule has 0 atom stereocenters. The highest BCUT2D eigenvalue weighted by Gasteiger charge is 2.13. The van der Waals surface area contributed by atoms with E-state index in [9.17, 15) is 4.79 Å². The summed E-state index contributed by atoms with van der Waals surface area (Å²) in [7, 11) is 0. The predicted octanol–water partition coefficient (Wildman–Crippen LogP) is 4.65. The largest absolute Gasteiger partial charge is 0.326 e. The van der Waals surface area contributed by atoms with Crippen LogP contribution in [-0.2, 0) is 4.79 Å². The van der Waals surface area contributed by atoms with Crippen LogP contribution in [0.2, 0.25) is 0 Å². The molecule has 0 radical (unpaired) electrons. The second-order valence-electron chi connectivity index (χ2n) is 4.95. The highest BCUT2D eigenvalue weighted by molar-refractivity contribution is 9.10. The van der Waals surface area contributed by atoms with Gasteiger partial charge < -0.3 is 5.32 Å². The fraction of sp³-hybridized carbons (Fsp3) is 0.500. The number of amides is 1. The summed E-state index contributed by atoms with van der Waals surface area (Å²) < 4.78 is 1.12. The molecule has 0 aromatic heterocycles. The molecule has 0 bridgehead atoms. The molecule has 2 nitrogen and oxygen atoms in total. The normalized spacial score (nSPS) is 11.1.